The highest BCUT2D eigenvalue weighted by Gasteiger charge is 2.34. The third kappa shape index (κ3) is 3.29. The molecular formula is C16H23N3O2. The molecule has 0 aromatic carbocycles. The lowest BCUT2D eigenvalue weighted by Crippen LogP contribution is -2.32. The van der Waals surface area contributed by atoms with Crippen LogP contribution in [0.2, 0.25) is 0 Å². The lowest BCUT2D eigenvalue weighted by Gasteiger charge is -2.09. The van der Waals surface area contributed by atoms with Crippen LogP contribution in [-0.4, -0.2) is 22.7 Å². The molecule has 114 valence electrons. The first-order chi connectivity index (χ1) is 10.2. The average Bonchev–Trinajstić information content (AvgIpc) is 3.29. The topological polar surface area (TPSA) is 64.0 Å². The van der Waals surface area contributed by atoms with Crippen LogP contribution in [0.5, 0.6) is 0 Å². The van der Waals surface area contributed by atoms with Crippen LogP contribution in [-0.2, 0) is 6.54 Å². The molecule has 1 N–H and O–H groups in total. The zero-order chi connectivity index (χ0) is 15.4. The predicted octanol–water partition coefficient (Wildman–Crippen LogP) is 2.01. The first-order valence-electron chi connectivity index (χ1n) is 7.36. The maximum atomic E-state index is 12.1. The molecule has 1 heterocycles. The minimum atomic E-state index is -0.378. The van der Waals surface area contributed by atoms with E-state index in [9.17, 15) is 9.59 Å². The van der Waals surface area contributed by atoms with Crippen molar-refractivity contribution in [2.24, 2.45) is 11.8 Å². The highest BCUT2D eigenvalue weighted by molar-refractivity contribution is 5.93. The van der Waals surface area contributed by atoms with E-state index in [2.05, 4.69) is 28.6 Å². The van der Waals surface area contributed by atoms with Gasteiger partial charge in [-0.1, -0.05) is 32.1 Å². The molecule has 2 unspecified atom stereocenters. The summed E-state index contributed by atoms with van der Waals surface area (Å²) in [6.07, 6.45) is 9.13. The van der Waals surface area contributed by atoms with Gasteiger partial charge in [-0.25, -0.2) is 4.68 Å². The quantitative estimate of drug-likeness (QED) is 0.925. The van der Waals surface area contributed by atoms with E-state index in [0.717, 1.165) is 5.57 Å². The van der Waals surface area contributed by atoms with Gasteiger partial charge in [0.2, 0.25) is 0 Å². The van der Waals surface area contributed by atoms with E-state index in [1.54, 1.807) is 0 Å². The Morgan fingerprint density at radius 2 is 2.24 bits per heavy atom. The number of nitrogens with one attached hydrogen (secondary N) is 1. The summed E-state index contributed by atoms with van der Waals surface area (Å²) >= 11 is 0. The van der Waals surface area contributed by atoms with Crippen LogP contribution >= 0.6 is 0 Å². The van der Waals surface area contributed by atoms with E-state index in [1.807, 2.05) is 13.8 Å². The number of carbonyl (C=O) groups is 1. The maximum Gasteiger partial charge on any atom is 0.279 e. The third-order valence-electron chi connectivity index (χ3n) is 3.59. The molecule has 3 rings (SSSR count). The Bertz CT molecular complexity index is 649. The van der Waals surface area contributed by atoms with E-state index >= 15 is 0 Å². The number of hydrogen-bond donors (Lipinski definition) is 1. The average molecular weight is 289 g/mol. The summed E-state index contributed by atoms with van der Waals surface area (Å²) in [7, 11) is 1.51. The monoisotopic (exact) mass is 289 g/mol. The fourth-order valence-electron chi connectivity index (χ4n) is 2.38. The molecule has 0 bridgehead atoms. The molecule has 2 atom stereocenters. The number of nitrogens with zero attached hydrogens (tertiary/aromatic N) is 2. The van der Waals surface area contributed by atoms with Crippen LogP contribution in [0, 0.1) is 11.8 Å². The molecule has 5 nitrogen and oxygen atoms in total. The van der Waals surface area contributed by atoms with Crippen molar-refractivity contribution in [1.29, 1.82) is 0 Å². The van der Waals surface area contributed by atoms with Crippen LogP contribution in [0.4, 0.5) is 0 Å². The largest absolute Gasteiger partial charge is 0.355 e. The summed E-state index contributed by atoms with van der Waals surface area (Å²) < 4.78 is 1.34. The van der Waals surface area contributed by atoms with Crippen LogP contribution < -0.4 is 10.9 Å². The Kier molecular flexibility index (Phi) is 4.73. The van der Waals surface area contributed by atoms with E-state index in [1.165, 1.54) is 30.4 Å². The van der Waals surface area contributed by atoms with E-state index < -0.39 is 0 Å². The standard InChI is InChI=1S/C14H15N3O2.C2H6.H2/c1-15-13(18)12-4-5-16-17(14(12)19)8-9-2-3-10-7-11(10)6-9;1-2;/h2-6,10-11H,7-8H2,1H3,(H,15,18);1-2H3;1H. The highest BCUT2D eigenvalue weighted by Crippen LogP contribution is 2.44. The Morgan fingerprint density at radius 3 is 2.90 bits per heavy atom. The summed E-state index contributed by atoms with van der Waals surface area (Å²) in [5.74, 6) is 0.958. The number of carbonyl (C=O) groups excluding carboxylic acids is 1. The lowest BCUT2D eigenvalue weighted by molar-refractivity contribution is 0.0960. The molecule has 1 aromatic rings. The van der Waals surface area contributed by atoms with Crippen molar-refractivity contribution in [2.75, 3.05) is 7.05 Å². The molecule has 0 spiro atoms. The van der Waals surface area contributed by atoms with Crippen molar-refractivity contribution in [1.82, 2.24) is 15.1 Å². The summed E-state index contributed by atoms with van der Waals surface area (Å²) in [6, 6.07) is 1.44. The van der Waals surface area contributed by atoms with Crippen molar-refractivity contribution in [3.8, 4) is 0 Å². The summed E-state index contributed by atoms with van der Waals surface area (Å²) in [4.78, 5) is 23.7. The predicted molar refractivity (Wildman–Crippen MR) is 84.2 cm³/mol. The van der Waals surface area contributed by atoms with Crippen molar-refractivity contribution in [3.05, 3.63) is 52.0 Å². The molecule has 5 heteroatoms. The zero-order valence-corrected chi connectivity index (χ0v) is 12.7. The normalized spacial score (nSPS) is 21.6. The van der Waals surface area contributed by atoms with Gasteiger partial charge in [0.1, 0.15) is 5.56 Å². The SMILES string of the molecule is CC.CNC(=O)c1ccnn(CC2=CC3CC3C=C2)c1=O.[HH]. The molecule has 1 saturated carbocycles. The molecule has 2 aliphatic rings. The molecule has 1 fully saturated rings. The van der Waals surface area contributed by atoms with Crippen LogP contribution in [0.1, 0.15) is 32.1 Å². The Labute approximate surface area is 125 Å². The molecule has 21 heavy (non-hydrogen) atoms. The van der Waals surface area contributed by atoms with E-state index in [0.29, 0.717) is 18.4 Å². The summed E-state index contributed by atoms with van der Waals surface area (Å²) in [5, 5.41) is 6.50. The molecular weight excluding hydrogens is 266 g/mol. The number of hydrogen-bond acceptors (Lipinski definition) is 3. The molecule has 2 aliphatic carbocycles. The van der Waals surface area contributed by atoms with Gasteiger partial charge in [-0.2, -0.15) is 5.10 Å². The molecule has 1 aromatic heterocycles. The van der Waals surface area contributed by atoms with Crippen molar-refractivity contribution >= 4 is 5.91 Å². The van der Waals surface area contributed by atoms with Gasteiger partial charge in [-0.3, -0.25) is 9.59 Å². The zero-order valence-electron chi connectivity index (χ0n) is 12.7. The van der Waals surface area contributed by atoms with Gasteiger partial charge in [-0.05, 0) is 29.9 Å². The van der Waals surface area contributed by atoms with Gasteiger partial charge in [0.15, 0.2) is 0 Å². The second kappa shape index (κ2) is 6.52. The summed E-state index contributed by atoms with van der Waals surface area (Å²) in [6.45, 7) is 4.42. The highest BCUT2D eigenvalue weighted by atomic mass is 16.2. The molecule has 0 radical (unpaired) electrons. The fourth-order valence-corrected chi connectivity index (χ4v) is 2.38. The van der Waals surface area contributed by atoms with Crippen molar-refractivity contribution < 1.29 is 6.22 Å². The van der Waals surface area contributed by atoms with Gasteiger partial charge in [-0.15, -0.1) is 0 Å². The van der Waals surface area contributed by atoms with Crippen LogP contribution in [0.3, 0.4) is 0 Å². The molecule has 1 amide bonds. The summed E-state index contributed by atoms with van der Waals surface area (Å²) in [5.41, 5.74) is 0.860. The third-order valence-corrected chi connectivity index (χ3v) is 3.59. The second-order valence-electron chi connectivity index (χ2n) is 4.95. The lowest BCUT2D eigenvalue weighted by atomic mass is 10.1. The second-order valence-corrected chi connectivity index (χ2v) is 4.95. The van der Waals surface area contributed by atoms with Crippen molar-refractivity contribution in [2.45, 2.75) is 26.8 Å². The van der Waals surface area contributed by atoms with Gasteiger partial charge >= 0.3 is 0 Å². The first-order valence-corrected chi connectivity index (χ1v) is 7.36. The Morgan fingerprint density at radius 1 is 1.48 bits per heavy atom. The van der Waals surface area contributed by atoms with E-state index in [4.69, 9.17) is 0 Å². The van der Waals surface area contributed by atoms with Crippen LogP contribution in [0.15, 0.2) is 40.9 Å². The maximum absolute atomic E-state index is 12.1. The smallest absolute Gasteiger partial charge is 0.279 e. The Balaban J connectivity index is 0.000000775. The van der Waals surface area contributed by atoms with Gasteiger partial charge in [0, 0.05) is 14.7 Å². The molecule has 0 saturated heterocycles. The van der Waals surface area contributed by atoms with E-state index in [-0.39, 0.29) is 18.5 Å². The van der Waals surface area contributed by atoms with Crippen molar-refractivity contribution in [3.63, 3.8) is 0 Å². The minimum Gasteiger partial charge on any atom is -0.355 e. The number of amides is 1. The van der Waals surface area contributed by atoms with Gasteiger partial charge < -0.3 is 5.32 Å². The van der Waals surface area contributed by atoms with Gasteiger partial charge in [0.25, 0.3) is 11.5 Å². The number of rotatable bonds is 3. The van der Waals surface area contributed by atoms with Crippen LogP contribution in [0.25, 0.3) is 0 Å². The first kappa shape index (κ1) is 15.2. The number of aromatic nitrogens is 2. The molecule has 0 aliphatic heterocycles. The number of fused-ring (bicyclic) bond motifs is 1. The minimum absolute atomic E-state index is 0. The van der Waals surface area contributed by atoms with Gasteiger partial charge in [0.05, 0.1) is 6.54 Å². The Hall–Kier alpha value is -2.17. The number of allylic oxidation sites excluding steroid dienone is 4. The fraction of sp³-hybridized carbons (Fsp3) is 0.438.